The van der Waals surface area contributed by atoms with Crippen molar-refractivity contribution in [1.29, 1.82) is 0 Å². The number of nitrogens with one attached hydrogen (secondary N) is 1. The van der Waals surface area contributed by atoms with Crippen molar-refractivity contribution in [2.75, 3.05) is 5.32 Å². The van der Waals surface area contributed by atoms with Gasteiger partial charge in [0.2, 0.25) is 0 Å². The predicted octanol–water partition coefficient (Wildman–Crippen LogP) is 4.69. The third kappa shape index (κ3) is 4.03. The van der Waals surface area contributed by atoms with Gasteiger partial charge in [-0.2, -0.15) is 13.2 Å². The number of hydrogen-bond acceptors (Lipinski definition) is 8. The van der Waals surface area contributed by atoms with Crippen molar-refractivity contribution in [2.45, 2.75) is 12.7 Å². The Morgan fingerprint density at radius 3 is 2.70 bits per heavy atom. The number of halogens is 3. The number of aromatic nitrogens is 4. The van der Waals surface area contributed by atoms with Crippen molar-refractivity contribution in [1.82, 2.24) is 19.9 Å². The molecule has 0 saturated heterocycles. The normalized spacial score (nSPS) is 11.6. The summed E-state index contributed by atoms with van der Waals surface area (Å²) in [4.78, 5) is 26.3. The highest BCUT2D eigenvalue weighted by Gasteiger charge is 2.33. The molecule has 0 aliphatic heterocycles. The average Bonchev–Trinajstić information content (AvgIpc) is 3.18. The Bertz CT molecular complexity index is 1230. The molecule has 3 aromatic heterocycles. The average molecular weight is 432 g/mol. The van der Waals surface area contributed by atoms with Gasteiger partial charge in [-0.1, -0.05) is 12.1 Å². The van der Waals surface area contributed by atoms with Crippen molar-refractivity contribution < 1.29 is 18.1 Å². The second-order valence-electron chi connectivity index (χ2n) is 6.09. The molecule has 1 aromatic carbocycles. The Morgan fingerprint density at radius 1 is 1.17 bits per heavy atom. The number of alkyl halides is 3. The van der Waals surface area contributed by atoms with Crippen LogP contribution in [-0.4, -0.2) is 24.9 Å². The SMILES string of the molecule is O=[N+]([O-])c1cccc(CNc2nc(-c3cnccn3)nc3sc(C(F)(F)F)cc23)c1. The molecule has 30 heavy (non-hydrogen) atoms. The summed E-state index contributed by atoms with van der Waals surface area (Å²) in [6.45, 7) is 0.116. The van der Waals surface area contributed by atoms with Crippen LogP contribution in [0.4, 0.5) is 24.7 Å². The van der Waals surface area contributed by atoms with E-state index in [2.05, 4.69) is 25.3 Å². The fraction of sp³-hybridized carbons (Fsp3) is 0.111. The van der Waals surface area contributed by atoms with E-state index in [4.69, 9.17) is 0 Å². The highest BCUT2D eigenvalue weighted by Crippen LogP contribution is 2.39. The molecule has 0 fully saturated rings. The van der Waals surface area contributed by atoms with Gasteiger partial charge >= 0.3 is 6.18 Å². The standard InChI is InChI=1S/C18H11F3N6O2S/c19-18(20,21)14-7-12-15(24-8-10-2-1-3-11(6-10)27(28)29)25-16(26-17(12)30-14)13-9-22-4-5-23-13/h1-7,9H,8H2,(H,24,25,26). The summed E-state index contributed by atoms with van der Waals surface area (Å²) < 4.78 is 39.6. The van der Waals surface area contributed by atoms with Gasteiger partial charge in [0.25, 0.3) is 5.69 Å². The molecule has 0 radical (unpaired) electrons. The van der Waals surface area contributed by atoms with E-state index in [-0.39, 0.29) is 34.1 Å². The topological polar surface area (TPSA) is 107 Å². The molecule has 0 spiro atoms. The van der Waals surface area contributed by atoms with Crippen molar-refractivity contribution in [3.05, 3.63) is 69.5 Å². The molecule has 1 N–H and O–H groups in total. The smallest absolute Gasteiger partial charge is 0.365 e. The van der Waals surface area contributed by atoms with Gasteiger partial charge in [-0.25, -0.2) is 15.0 Å². The zero-order valence-corrected chi connectivity index (χ0v) is 15.7. The number of hydrogen-bond donors (Lipinski definition) is 1. The Labute approximate surface area is 170 Å². The molecule has 4 rings (SSSR count). The second kappa shape index (κ2) is 7.63. The van der Waals surface area contributed by atoms with E-state index in [9.17, 15) is 23.3 Å². The molecular weight excluding hydrogens is 421 g/mol. The molecule has 0 saturated carbocycles. The minimum absolute atomic E-state index is 0.0859. The monoisotopic (exact) mass is 432 g/mol. The highest BCUT2D eigenvalue weighted by atomic mass is 32.1. The Balaban J connectivity index is 1.75. The summed E-state index contributed by atoms with van der Waals surface area (Å²) in [6, 6.07) is 6.91. The highest BCUT2D eigenvalue weighted by molar-refractivity contribution is 7.18. The van der Waals surface area contributed by atoms with Crippen LogP contribution in [-0.2, 0) is 12.7 Å². The van der Waals surface area contributed by atoms with E-state index in [1.54, 1.807) is 6.07 Å². The number of benzene rings is 1. The summed E-state index contributed by atoms with van der Waals surface area (Å²) in [6.07, 6.45) is -0.232. The number of fused-ring (bicyclic) bond motifs is 1. The van der Waals surface area contributed by atoms with Crippen LogP contribution in [0.5, 0.6) is 0 Å². The lowest BCUT2D eigenvalue weighted by atomic mass is 10.2. The predicted molar refractivity (Wildman–Crippen MR) is 104 cm³/mol. The van der Waals surface area contributed by atoms with Gasteiger partial charge < -0.3 is 5.32 Å². The fourth-order valence-electron chi connectivity index (χ4n) is 2.69. The first kappa shape index (κ1) is 19.6. The number of rotatable bonds is 5. The molecule has 4 aromatic rings. The van der Waals surface area contributed by atoms with Crippen LogP contribution in [0.15, 0.2) is 48.9 Å². The lowest BCUT2D eigenvalue weighted by Gasteiger charge is -2.09. The lowest BCUT2D eigenvalue weighted by Crippen LogP contribution is -2.04. The first-order chi connectivity index (χ1) is 14.3. The number of nitro groups is 1. The van der Waals surface area contributed by atoms with Gasteiger partial charge in [0.1, 0.15) is 21.2 Å². The first-order valence-corrected chi connectivity index (χ1v) is 9.25. The third-order valence-corrected chi connectivity index (χ3v) is 5.12. The van der Waals surface area contributed by atoms with Crippen molar-refractivity contribution in [3.63, 3.8) is 0 Å². The van der Waals surface area contributed by atoms with Crippen LogP contribution >= 0.6 is 11.3 Å². The van der Waals surface area contributed by atoms with Crippen LogP contribution in [0.3, 0.4) is 0 Å². The van der Waals surface area contributed by atoms with Crippen LogP contribution in [0.2, 0.25) is 0 Å². The molecule has 12 heteroatoms. The lowest BCUT2D eigenvalue weighted by molar-refractivity contribution is -0.384. The van der Waals surface area contributed by atoms with Crippen LogP contribution in [0.25, 0.3) is 21.7 Å². The van der Waals surface area contributed by atoms with Crippen molar-refractivity contribution >= 4 is 33.1 Å². The van der Waals surface area contributed by atoms with E-state index < -0.39 is 16.0 Å². The number of thiophene rings is 1. The quantitative estimate of drug-likeness (QED) is 0.360. The summed E-state index contributed by atoms with van der Waals surface area (Å²) in [7, 11) is 0. The molecule has 3 heterocycles. The maximum Gasteiger partial charge on any atom is 0.425 e. The molecule has 0 atom stereocenters. The Kier molecular flexibility index (Phi) is 4.99. The van der Waals surface area contributed by atoms with Gasteiger partial charge in [0.15, 0.2) is 5.82 Å². The summed E-state index contributed by atoms with van der Waals surface area (Å²) in [5.74, 6) is 0.284. The maximum absolute atomic E-state index is 13.2. The molecule has 0 aliphatic rings. The summed E-state index contributed by atoms with van der Waals surface area (Å²) in [5, 5.41) is 14.1. The number of nitrogens with zero attached hydrogens (tertiary/aromatic N) is 5. The van der Waals surface area contributed by atoms with Gasteiger partial charge in [0.05, 0.1) is 16.5 Å². The van der Waals surface area contributed by atoms with Gasteiger partial charge in [-0.05, 0) is 11.6 Å². The Morgan fingerprint density at radius 2 is 2.00 bits per heavy atom. The zero-order valence-electron chi connectivity index (χ0n) is 14.9. The van der Waals surface area contributed by atoms with Gasteiger partial charge in [-0.15, -0.1) is 11.3 Å². The Hall–Kier alpha value is -3.67. The van der Waals surface area contributed by atoms with E-state index in [0.717, 1.165) is 6.07 Å². The van der Waals surface area contributed by atoms with Crippen LogP contribution in [0.1, 0.15) is 10.4 Å². The van der Waals surface area contributed by atoms with Gasteiger partial charge in [0, 0.05) is 31.1 Å². The minimum Gasteiger partial charge on any atom is -0.365 e. The first-order valence-electron chi connectivity index (χ1n) is 8.43. The molecule has 0 bridgehead atoms. The second-order valence-corrected chi connectivity index (χ2v) is 7.12. The largest absolute Gasteiger partial charge is 0.425 e. The molecule has 0 amide bonds. The van der Waals surface area contributed by atoms with E-state index in [0.29, 0.717) is 22.6 Å². The molecule has 152 valence electrons. The summed E-state index contributed by atoms with van der Waals surface area (Å²) >= 11 is 0.502. The fourth-order valence-corrected chi connectivity index (χ4v) is 3.59. The van der Waals surface area contributed by atoms with Crippen LogP contribution in [0, 0.1) is 10.1 Å². The van der Waals surface area contributed by atoms with Crippen LogP contribution < -0.4 is 5.32 Å². The van der Waals surface area contributed by atoms with E-state index in [1.165, 1.54) is 36.8 Å². The number of nitro benzene ring substituents is 1. The maximum atomic E-state index is 13.2. The van der Waals surface area contributed by atoms with Gasteiger partial charge in [-0.3, -0.25) is 15.1 Å². The third-order valence-electron chi connectivity index (χ3n) is 4.05. The number of anilines is 1. The molecule has 0 aliphatic carbocycles. The molecule has 0 unspecified atom stereocenters. The van der Waals surface area contributed by atoms with Crippen molar-refractivity contribution in [3.8, 4) is 11.5 Å². The number of non-ortho nitro benzene ring substituents is 1. The zero-order chi connectivity index (χ0) is 21.3. The molecular formula is C18H11F3N6O2S. The van der Waals surface area contributed by atoms with Crippen molar-refractivity contribution in [2.24, 2.45) is 0 Å². The minimum atomic E-state index is -4.52. The molecule has 8 nitrogen and oxygen atoms in total. The summed E-state index contributed by atoms with van der Waals surface area (Å²) in [5.41, 5.74) is 0.792. The van der Waals surface area contributed by atoms with E-state index in [1.807, 2.05) is 0 Å². The van der Waals surface area contributed by atoms with E-state index >= 15 is 0 Å².